The first-order valence-electron chi connectivity index (χ1n) is 6.00. The fourth-order valence-corrected chi connectivity index (χ4v) is 1.73. The number of aliphatic hydroxyl groups excluding tert-OH is 1. The lowest BCUT2D eigenvalue weighted by molar-refractivity contribution is -0.115. The molecule has 0 spiro atoms. The molecule has 2 heteroatoms. The first kappa shape index (κ1) is 12.9. The van der Waals surface area contributed by atoms with Gasteiger partial charge in [-0.25, -0.2) is 0 Å². The molecular weight excluding hydrogens is 236 g/mol. The van der Waals surface area contributed by atoms with Gasteiger partial charge in [0.1, 0.15) is 0 Å². The Morgan fingerprint density at radius 3 is 1.68 bits per heavy atom. The molecule has 0 aliphatic heterocycles. The number of allylic oxidation sites excluding steroid dienone is 1. The monoisotopic (exact) mass is 250 g/mol. The molecule has 0 atom stereocenters. The van der Waals surface area contributed by atoms with Crippen LogP contribution in [0.4, 0.5) is 0 Å². The van der Waals surface area contributed by atoms with Gasteiger partial charge in [0.15, 0.2) is 0 Å². The second-order valence-electron chi connectivity index (χ2n) is 4.14. The van der Waals surface area contributed by atoms with E-state index in [1.54, 1.807) is 0 Å². The molecule has 0 radical (unpaired) electrons. The molecule has 19 heavy (non-hydrogen) atoms. The zero-order chi connectivity index (χ0) is 13.7. The Morgan fingerprint density at radius 2 is 1.32 bits per heavy atom. The van der Waals surface area contributed by atoms with Crippen LogP contribution in [0.25, 0.3) is 5.57 Å². The average Bonchev–Trinajstić information content (AvgIpc) is 2.46. The molecule has 2 nitrogen and oxygen atoms in total. The number of benzene rings is 2. The van der Waals surface area contributed by atoms with Crippen molar-refractivity contribution in [2.24, 2.45) is 0 Å². The van der Waals surface area contributed by atoms with Crippen molar-refractivity contribution >= 4 is 11.4 Å². The first-order chi connectivity index (χ1) is 9.18. The summed E-state index contributed by atoms with van der Waals surface area (Å²) >= 11 is 0. The number of hydrogen-bond acceptors (Lipinski definition) is 2. The van der Waals surface area contributed by atoms with Gasteiger partial charge in [0.2, 0.25) is 11.5 Å². The van der Waals surface area contributed by atoms with Crippen molar-refractivity contribution in [1.82, 2.24) is 0 Å². The highest BCUT2D eigenvalue weighted by Gasteiger charge is 2.06. The maximum absolute atomic E-state index is 11.2. The third-order valence-corrected chi connectivity index (χ3v) is 2.70. The standard InChI is InChI=1S/C17H14O2/c1-13(18)17(19)12-16(14-8-4-2-5-9-14)15-10-6-3-7-11-15/h2-11,19H,1H3. The zero-order valence-corrected chi connectivity index (χ0v) is 10.6. The summed E-state index contributed by atoms with van der Waals surface area (Å²) in [7, 11) is 0. The Hall–Kier alpha value is -2.57. The van der Waals surface area contributed by atoms with Crippen LogP contribution < -0.4 is 0 Å². The van der Waals surface area contributed by atoms with Crippen LogP contribution in [-0.2, 0) is 4.79 Å². The van der Waals surface area contributed by atoms with Gasteiger partial charge in [0, 0.05) is 12.5 Å². The van der Waals surface area contributed by atoms with Gasteiger partial charge in [-0.2, -0.15) is 0 Å². The molecular formula is C17H14O2. The summed E-state index contributed by atoms with van der Waals surface area (Å²) in [6.45, 7) is 1.32. The fraction of sp³-hybridized carbons (Fsp3) is 0.0588. The molecule has 2 aromatic rings. The second kappa shape index (κ2) is 5.85. The normalized spacial score (nSPS) is 9.53. The maximum atomic E-state index is 11.2. The summed E-state index contributed by atoms with van der Waals surface area (Å²) < 4.78 is 0. The molecule has 0 aromatic heterocycles. The van der Waals surface area contributed by atoms with E-state index in [9.17, 15) is 9.90 Å². The second-order valence-corrected chi connectivity index (χ2v) is 4.14. The lowest BCUT2D eigenvalue weighted by atomic mass is 9.98. The Bertz CT molecular complexity index is 592. The van der Waals surface area contributed by atoms with Crippen LogP contribution in [0.2, 0.25) is 0 Å². The fourth-order valence-electron chi connectivity index (χ4n) is 1.73. The number of carbonyl (C=O) groups excluding carboxylic acids is 1. The van der Waals surface area contributed by atoms with Crippen LogP contribution in [0.3, 0.4) is 0 Å². The molecule has 0 amide bonds. The van der Waals surface area contributed by atoms with Crippen molar-refractivity contribution in [3.05, 3.63) is 83.3 Å². The number of aliphatic hydroxyl groups is 1. The lowest BCUT2D eigenvalue weighted by Crippen LogP contribution is -1.94. The van der Waals surface area contributed by atoms with Gasteiger partial charge < -0.3 is 5.11 Å². The lowest BCUT2D eigenvalue weighted by Gasteiger charge is -2.05. The number of carbonyl (C=O) groups is 1. The minimum atomic E-state index is -0.399. The van der Waals surface area contributed by atoms with Gasteiger partial charge >= 0.3 is 0 Å². The van der Waals surface area contributed by atoms with Gasteiger partial charge in [-0.1, -0.05) is 66.4 Å². The minimum absolute atomic E-state index is 0.359. The molecule has 0 aliphatic carbocycles. The van der Waals surface area contributed by atoms with Crippen LogP contribution in [-0.4, -0.2) is 10.9 Å². The molecule has 0 saturated carbocycles. The Morgan fingerprint density at radius 1 is 0.895 bits per heavy atom. The van der Waals surface area contributed by atoms with Gasteiger partial charge in [0.25, 0.3) is 0 Å². The van der Waals surface area contributed by atoms with E-state index in [0.717, 1.165) is 11.1 Å². The van der Waals surface area contributed by atoms with E-state index >= 15 is 0 Å². The summed E-state index contributed by atoms with van der Waals surface area (Å²) in [5.41, 5.74) is 5.30. The highest BCUT2D eigenvalue weighted by molar-refractivity contribution is 5.93. The van der Waals surface area contributed by atoms with Gasteiger partial charge in [0.05, 0.1) is 0 Å². The zero-order valence-electron chi connectivity index (χ0n) is 10.6. The first-order valence-corrected chi connectivity index (χ1v) is 6.00. The van der Waals surface area contributed by atoms with E-state index in [4.69, 9.17) is 0 Å². The van der Waals surface area contributed by atoms with Crippen LogP contribution >= 0.6 is 0 Å². The van der Waals surface area contributed by atoms with E-state index in [1.165, 1.54) is 6.92 Å². The molecule has 2 rings (SSSR count). The number of hydrogen-bond donors (Lipinski definition) is 1. The van der Waals surface area contributed by atoms with Crippen molar-refractivity contribution in [2.75, 3.05) is 0 Å². The number of Topliss-reactive ketones (excluding diaryl/α,β-unsaturated/α-hetero) is 1. The number of rotatable bonds is 3. The molecule has 0 fully saturated rings. The largest absolute Gasteiger partial charge is 0.499 e. The van der Waals surface area contributed by atoms with Crippen molar-refractivity contribution in [1.29, 1.82) is 0 Å². The highest BCUT2D eigenvalue weighted by Crippen LogP contribution is 2.22. The van der Waals surface area contributed by atoms with E-state index in [-0.39, 0.29) is 5.76 Å². The van der Waals surface area contributed by atoms with E-state index < -0.39 is 5.78 Å². The van der Waals surface area contributed by atoms with E-state index in [1.807, 2.05) is 60.7 Å². The Labute approximate surface area is 112 Å². The Balaban J connectivity index is 2.66. The topological polar surface area (TPSA) is 37.3 Å². The van der Waals surface area contributed by atoms with E-state index in [2.05, 4.69) is 5.73 Å². The van der Waals surface area contributed by atoms with Crippen molar-refractivity contribution in [3.63, 3.8) is 0 Å². The van der Waals surface area contributed by atoms with Crippen LogP contribution in [0.1, 0.15) is 18.1 Å². The third-order valence-electron chi connectivity index (χ3n) is 2.70. The molecule has 0 saturated heterocycles. The predicted octanol–water partition coefficient (Wildman–Crippen LogP) is 3.75. The van der Waals surface area contributed by atoms with Gasteiger partial charge in [-0.3, -0.25) is 4.79 Å². The minimum Gasteiger partial charge on any atom is -0.499 e. The van der Waals surface area contributed by atoms with Crippen LogP contribution in [0, 0.1) is 0 Å². The SMILES string of the molecule is CC(=O)C(O)=C=C(c1ccccc1)c1ccccc1. The van der Waals surface area contributed by atoms with Crippen molar-refractivity contribution in [2.45, 2.75) is 6.92 Å². The molecule has 0 bridgehead atoms. The van der Waals surface area contributed by atoms with Gasteiger partial charge in [-0.15, -0.1) is 0 Å². The highest BCUT2D eigenvalue weighted by atomic mass is 16.3. The predicted molar refractivity (Wildman–Crippen MR) is 75.7 cm³/mol. The summed E-state index contributed by atoms with van der Waals surface area (Å²) in [5.74, 6) is -0.757. The van der Waals surface area contributed by atoms with E-state index in [0.29, 0.717) is 5.57 Å². The quantitative estimate of drug-likeness (QED) is 0.511. The maximum Gasteiger partial charge on any atom is 0.203 e. The Kier molecular flexibility index (Phi) is 3.97. The van der Waals surface area contributed by atoms with Crippen LogP contribution in [0.5, 0.6) is 0 Å². The van der Waals surface area contributed by atoms with Crippen LogP contribution in [0.15, 0.2) is 72.2 Å². The summed E-state index contributed by atoms with van der Waals surface area (Å²) in [6.07, 6.45) is 0. The van der Waals surface area contributed by atoms with Gasteiger partial charge in [-0.05, 0) is 11.1 Å². The average molecular weight is 250 g/mol. The molecule has 2 aromatic carbocycles. The summed E-state index contributed by atoms with van der Waals surface area (Å²) in [6, 6.07) is 19.1. The third kappa shape index (κ3) is 3.21. The summed E-state index contributed by atoms with van der Waals surface area (Å²) in [4.78, 5) is 11.2. The molecule has 0 heterocycles. The molecule has 0 unspecified atom stereocenters. The molecule has 0 aliphatic rings. The molecule has 1 N–H and O–H groups in total. The molecule has 94 valence electrons. The van der Waals surface area contributed by atoms with Crippen molar-refractivity contribution < 1.29 is 9.90 Å². The smallest absolute Gasteiger partial charge is 0.203 e. The summed E-state index contributed by atoms with van der Waals surface area (Å²) in [5, 5.41) is 9.65. The van der Waals surface area contributed by atoms with Crippen molar-refractivity contribution in [3.8, 4) is 0 Å². The number of ketones is 1.